The molecular weight excluding hydrogens is 192 g/mol. The van der Waals surface area contributed by atoms with Gasteiger partial charge in [-0.1, -0.05) is 0 Å². The fourth-order valence-corrected chi connectivity index (χ4v) is 1.98. The van der Waals surface area contributed by atoms with Crippen molar-refractivity contribution in [1.82, 2.24) is 0 Å². The highest BCUT2D eigenvalue weighted by Crippen LogP contribution is 2.43. The quantitative estimate of drug-likeness (QED) is 0.824. The predicted molar refractivity (Wildman–Crippen MR) is 54.1 cm³/mol. The molecule has 2 aliphatic carbocycles. The van der Waals surface area contributed by atoms with E-state index < -0.39 is 5.97 Å². The number of hydrogen-bond acceptors (Lipinski definition) is 2. The third-order valence-corrected chi connectivity index (χ3v) is 3.18. The molecule has 0 unspecified atom stereocenters. The Kier molecular flexibility index (Phi) is 1.87. The zero-order chi connectivity index (χ0) is 10.4. The highest BCUT2D eigenvalue weighted by atomic mass is 16.4. The van der Waals surface area contributed by atoms with Gasteiger partial charge in [-0.2, -0.15) is 0 Å². The summed E-state index contributed by atoms with van der Waals surface area (Å²) in [7, 11) is 0. The summed E-state index contributed by atoms with van der Waals surface area (Å²) in [5, 5.41) is 9.05. The Labute approximate surface area is 88.1 Å². The largest absolute Gasteiger partial charge is 0.478 e. The lowest BCUT2D eigenvalue weighted by atomic mass is 10.1. The van der Waals surface area contributed by atoms with Gasteiger partial charge < -0.3 is 9.52 Å². The molecule has 1 aromatic rings. The zero-order valence-corrected chi connectivity index (χ0v) is 8.53. The summed E-state index contributed by atoms with van der Waals surface area (Å²) in [5.74, 6) is 1.87. The van der Waals surface area contributed by atoms with Crippen LogP contribution in [0.4, 0.5) is 0 Å². The molecule has 0 radical (unpaired) electrons. The second-order valence-electron chi connectivity index (χ2n) is 4.72. The van der Waals surface area contributed by atoms with Crippen molar-refractivity contribution in [3.63, 3.8) is 0 Å². The molecule has 0 atom stereocenters. The summed E-state index contributed by atoms with van der Waals surface area (Å²) in [4.78, 5) is 11.0. The van der Waals surface area contributed by atoms with Gasteiger partial charge in [0, 0.05) is 12.3 Å². The molecule has 0 amide bonds. The molecule has 1 N–H and O–H groups in total. The first kappa shape index (κ1) is 9.01. The van der Waals surface area contributed by atoms with Crippen molar-refractivity contribution in [2.75, 3.05) is 0 Å². The summed E-state index contributed by atoms with van der Waals surface area (Å²) < 4.78 is 5.67. The number of carboxylic acid groups (broad SMARTS) is 1. The Bertz CT molecular complexity index is 397. The van der Waals surface area contributed by atoms with Crippen molar-refractivity contribution in [3.05, 3.63) is 23.2 Å². The molecular formula is C12H14O3. The van der Waals surface area contributed by atoms with Crippen molar-refractivity contribution < 1.29 is 14.3 Å². The fourth-order valence-electron chi connectivity index (χ4n) is 1.98. The summed E-state index contributed by atoms with van der Waals surface area (Å²) in [5.41, 5.74) is 0.396. The second kappa shape index (κ2) is 3.12. The zero-order valence-electron chi connectivity index (χ0n) is 8.53. The average Bonchev–Trinajstić information content (AvgIpc) is 3.05. The molecule has 3 heteroatoms. The van der Waals surface area contributed by atoms with Crippen LogP contribution in [0.1, 0.15) is 53.5 Å². The van der Waals surface area contributed by atoms with E-state index in [1.165, 1.54) is 12.8 Å². The molecule has 15 heavy (non-hydrogen) atoms. The molecule has 2 fully saturated rings. The summed E-state index contributed by atoms with van der Waals surface area (Å²) >= 11 is 0. The minimum atomic E-state index is -0.845. The molecule has 3 nitrogen and oxygen atoms in total. The molecule has 0 spiro atoms. The lowest BCUT2D eigenvalue weighted by molar-refractivity contribution is 0.0694. The van der Waals surface area contributed by atoms with E-state index in [2.05, 4.69) is 0 Å². The Balaban J connectivity index is 1.88. The first-order valence-corrected chi connectivity index (χ1v) is 5.60. The first-order valence-electron chi connectivity index (χ1n) is 5.60. The fraction of sp³-hybridized carbons (Fsp3) is 0.583. The van der Waals surface area contributed by atoms with E-state index in [-0.39, 0.29) is 0 Å². The monoisotopic (exact) mass is 206 g/mol. The van der Waals surface area contributed by atoms with E-state index in [1.807, 2.05) is 0 Å². The second-order valence-corrected chi connectivity index (χ2v) is 4.72. The maximum Gasteiger partial charge on any atom is 0.339 e. The highest BCUT2D eigenvalue weighted by Gasteiger charge is 2.33. The van der Waals surface area contributed by atoms with Crippen LogP contribution in [0.5, 0.6) is 0 Å². The van der Waals surface area contributed by atoms with Crippen LogP contribution in [0, 0.1) is 5.92 Å². The lowest BCUT2D eigenvalue weighted by Crippen LogP contribution is -1.97. The molecule has 3 rings (SSSR count). The topological polar surface area (TPSA) is 50.4 Å². The van der Waals surface area contributed by atoms with Crippen molar-refractivity contribution in [1.29, 1.82) is 0 Å². The Morgan fingerprint density at radius 3 is 2.67 bits per heavy atom. The Morgan fingerprint density at radius 1 is 1.40 bits per heavy atom. The van der Waals surface area contributed by atoms with E-state index >= 15 is 0 Å². The first-order chi connectivity index (χ1) is 7.24. The van der Waals surface area contributed by atoms with Crippen LogP contribution < -0.4 is 0 Å². The van der Waals surface area contributed by atoms with E-state index in [0.29, 0.717) is 11.5 Å². The summed E-state index contributed by atoms with van der Waals surface area (Å²) in [6, 6.07) is 1.73. The molecule has 0 saturated heterocycles. The van der Waals surface area contributed by atoms with Crippen LogP contribution in [0.3, 0.4) is 0 Å². The summed E-state index contributed by atoms with van der Waals surface area (Å²) in [6.07, 6.45) is 5.62. The van der Waals surface area contributed by atoms with Crippen LogP contribution in [0.2, 0.25) is 0 Å². The molecule has 1 aromatic heterocycles. The van der Waals surface area contributed by atoms with Gasteiger partial charge in [-0.15, -0.1) is 0 Å². The molecule has 0 aromatic carbocycles. The SMILES string of the molecule is O=C(O)c1cc(CC2CC2)oc1C1CC1. The Morgan fingerprint density at radius 2 is 2.13 bits per heavy atom. The highest BCUT2D eigenvalue weighted by molar-refractivity contribution is 5.89. The number of carbonyl (C=O) groups is 1. The third-order valence-electron chi connectivity index (χ3n) is 3.18. The maximum atomic E-state index is 11.0. The van der Waals surface area contributed by atoms with Crippen LogP contribution in [-0.4, -0.2) is 11.1 Å². The van der Waals surface area contributed by atoms with Crippen LogP contribution in [-0.2, 0) is 6.42 Å². The van der Waals surface area contributed by atoms with Gasteiger partial charge in [-0.3, -0.25) is 0 Å². The predicted octanol–water partition coefficient (Wildman–Crippen LogP) is 2.81. The van der Waals surface area contributed by atoms with Gasteiger partial charge in [-0.05, 0) is 37.7 Å². The molecule has 2 saturated carbocycles. The minimum Gasteiger partial charge on any atom is -0.478 e. The number of hydrogen-bond donors (Lipinski definition) is 1. The number of aromatic carboxylic acids is 1. The van der Waals surface area contributed by atoms with Crippen molar-refractivity contribution in [2.24, 2.45) is 5.92 Å². The standard InChI is InChI=1S/C12H14O3/c13-12(14)10-6-9(5-7-1-2-7)15-11(10)8-3-4-8/h6-8H,1-5H2,(H,13,14). The number of rotatable bonds is 4. The Hall–Kier alpha value is -1.25. The number of furan rings is 1. The van der Waals surface area contributed by atoms with Gasteiger partial charge >= 0.3 is 5.97 Å². The van der Waals surface area contributed by atoms with Gasteiger partial charge in [-0.25, -0.2) is 4.79 Å². The van der Waals surface area contributed by atoms with Crippen molar-refractivity contribution in [3.8, 4) is 0 Å². The van der Waals surface area contributed by atoms with Gasteiger partial charge in [0.25, 0.3) is 0 Å². The van der Waals surface area contributed by atoms with Crippen molar-refractivity contribution in [2.45, 2.75) is 38.0 Å². The van der Waals surface area contributed by atoms with Crippen LogP contribution in [0.15, 0.2) is 10.5 Å². The maximum absolute atomic E-state index is 11.0. The van der Waals surface area contributed by atoms with E-state index in [4.69, 9.17) is 9.52 Å². The molecule has 2 aliphatic rings. The average molecular weight is 206 g/mol. The molecule has 0 bridgehead atoms. The van der Waals surface area contributed by atoms with Crippen LogP contribution in [0.25, 0.3) is 0 Å². The van der Waals surface area contributed by atoms with Crippen molar-refractivity contribution >= 4 is 5.97 Å². The van der Waals surface area contributed by atoms with E-state index in [1.54, 1.807) is 6.07 Å². The minimum absolute atomic E-state index is 0.379. The summed E-state index contributed by atoms with van der Waals surface area (Å²) in [6.45, 7) is 0. The van der Waals surface area contributed by atoms with E-state index in [9.17, 15) is 4.79 Å². The van der Waals surface area contributed by atoms with Gasteiger partial charge in [0.1, 0.15) is 17.1 Å². The normalized spacial score (nSPS) is 20.5. The molecule has 1 heterocycles. The third kappa shape index (κ3) is 1.78. The molecule has 0 aliphatic heterocycles. The molecule has 80 valence electrons. The smallest absolute Gasteiger partial charge is 0.339 e. The van der Waals surface area contributed by atoms with Gasteiger partial charge in [0.05, 0.1) is 0 Å². The van der Waals surface area contributed by atoms with Gasteiger partial charge in [0.15, 0.2) is 0 Å². The lowest BCUT2D eigenvalue weighted by Gasteiger charge is -1.94. The van der Waals surface area contributed by atoms with Gasteiger partial charge in [0.2, 0.25) is 0 Å². The number of carboxylic acids is 1. The van der Waals surface area contributed by atoms with E-state index in [0.717, 1.165) is 36.7 Å². The van der Waals surface area contributed by atoms with Crippen LogP contribution >= 0.6 is 0 Å².